The number of rotatable bonds is 0. The second-order valence-electron chi connectivity index (χ2n) is 5.04. The van der Waals surface area contributed by atoms with Gasteiger partial charge in [0.15, 0.2) is 0 Å². The largest absolute Gasteiger partial charge is 0.0683 e. The highest BCUT2D eigenvalue weighted by Gasteiger charge is 2.17. The molecule has 23 heavy (non-hydrogen) atoms. The molecule has 0 aromatic heterocycles. The maximum Gasteiger partial charge on any atom is -0.00135 e. The minimum Gasteiger partial charge on any atom is -0.0683 e. The van der Waals surface area contributed by atoms with Gasteiger partial charge in [-0.15, -0.1) is 0 Å². The normalized spacial score (nSPS) is 10.4. The Morgan fingerprint density at radius 3 is 1.13 bits per heavy atom. The van der Waals surface area contributed by atoms with Gasteiger partial charge in [-0.3, -0.25) is 0 Å². The third-order valence-electron chi connectivity index (χ3n) is 3.92. The van der Waals surface area contributed by atoms with E-state index in [1.807, 2.05) is 27.7 Å². The van der Waals surface area contributed by atoms with Crippen LogP contribution < -0.4 is 0 Å². The predicted octanol–water partition coefficient (Wildman–Crippen LogP) is 6.98. The molecule has 0 aliphatic heterocycles. The first-order valence-corrected chi connectivity index (χ1v) is 8.69. The van der Waals surface area contributed by atoms with Crippen molar-refractivity contribution < 1.29 is 0 Å². The van der Waals surface area contributed by atoms with Crippen LogP contribution in [0.5, 0.6) is 0 Å². The minimum absolute atomic E-state index is 1.01. The molecule has 4 rings (SSSR count). The summed E-state index contributed by atoms with van der Waals surface area (Å²) < 4.78 is 0. The topological polar surface area (TPSA) is 0 Å². The van der Waals surface area contributed by atoms with Crippen molar-refractivity contribution in [1.82, 2.24) is 0 Å². The van der Waals surface area contributed by atoms with Gasteiger partial charge in [0.2, 0.25) is 0 Å². The van der Waals surface area contributed by atoms with Crippen molar-refractivity contribution in [3.05, 3.63) is 83.9 Å². The molecule has 3 aromatic rings. The van der Waals surface area contributed by atoms with Crippen molar-refractivity contribution in [2.45, 2.75) is 34.1 Å². The highest BCUT2D eigenvalue weighted by molar-refractivity contribution is 5.88. The fourth-order valence-electron chi connectivity index (χ4n) is 3.03. The van der Waals surface area contributed by atoms with Gasteiger partial charge in [0.1, 0.15) is 0 Å². The Hall–Kier alpha value is -2.34. The van der Waals surface area contributed by atoms with E-state index < -0.39 is 0 Å². The lowest BCUT2D eigenvalue weighted by atomic mass is 9.95. The molecule has 1 aliphatic rings. The van der Waals surface area contributed by atoms with Crippen LogP contribution in [0, 0.1) is 0 Å². The van der Waals surface area contributed by atoms with Crippen molar-refractivity contribution in [3.63, 3.8) is 0 Å². The molecule has 0 nitrogen and oxygen atoms in total. The highest BCUT2D eigenvalue weighted by Crippen LogP contribution is 2.39. The molecule has 0 N–H and O–H groups in total. The van der Waals surface area contributed by atoms with E-state index in [0.29, 0.717) is 0 Å². The lowest BCUT2D eigenvalue weighted by Crippen LogP contribution is -1.89. The average Bonchev–Trinajstić information content (AvgIpc) is 2.80. The van der Waals surface area contributed by atoms with Crippen molar-refractivity contribution in [1.29, 1.82) is 0 Å². The highest BCUT2D eigenvalue weighted by atomic mass is 14.2. The van der Waals surface area contributed by atoms with E-state index in [2.05, 4.69) is 72.8 Å². The third kappa shape index (κ3) is 3.37. The molecule has 0 atom stereocenters. The molecular formula is C23H26. The molecule has 0 amide bonds. The minimum atomic E-state index is 1.01. The molecule has 0 heterocycles. The first kappa shape index (κ1) is 17.0. The number of benzene rings is 3. The summed E-state index contributed by atoms with van der Waals surface area (Å²) in [5.41, 5.74) is 8.27. The summed E-state index contributed by atoms with van der Waals surface area (Å²) in [5, 5.41) is 0. The molecule has 0 bridgehead atoms. The van der Waals surface area contributed by atoms with E-state index in [9.17, 15) is 0 Å². The van der Waals surface area contributed by atoms with Crippen molar-refractivity contribution in [2.24, 2.45) is 0 Å². The lowest BCUT2D eigenvalue weighted by Gasteiger charge is -2.09. The van der Waals surface area contributed by atoms with Crippen molar-refractivity contribution in [2.75, 3.05) is 0 Å². The van der Waals surface area contributed by atoms with Crippen LogP contribution in [-0.2, 0) is 6.42 Å². The number of hydrogen-bond donors (Lipinski definition) is 0. The maximum atomic E-state index is 2.24. The number of fused-ring (bicyclic) bond motifs is 5. The van der Waals surface area contributed by atoms with E-state index in [-0.39, 0.29) is 0 Å². The molecule has 0 unspecified atom stereocenters. The zero-order chi connectivity index (χ0) is 16.7. The SMILES string of the molecule is CC.CC.c1ccc2c(c1)Cc1ccccc1-c1ccccc1-2. The summed E-state index contributed by atoms with van der Waals surface area (Å²) in [6, 6.07) is 26.2. The first-order valence-electron chi connectivity index (χ1n) is 8.69. The Labute approximate surface area is 140 Å². The maximum absolute atomic E-state index is 2.24. The van der Waals surface area contributed by atoms with Crippen LogP contribution in [0.15, 0.2) is 72.8 Å². The number of hydrogen-bond acceptors (Lipinski definition) is 0. The lowest BCUT2D eigenvalue weighted by molar-refractivity contribution is 1.21. The second-order valence-corrected chi connectivity index (χ2v) is 5.04. The molecule has 0 fully saturated rings. The molecular weight excluding hydrogens is 276 g/mol. The Balaban J connectivity index is 0.000000448. The summed E-state index contributed by atoms with van der Waals surface area (Å²) in [5.74, 6) is 0. The van der Waals surface area contributed by atoms with Gasteiger partial charge in [-0.25, -0.2) is 0 Å². The third-order valence-corrected chi connectivity index (χ3v) is 3.92. The summed E-state index contributed by atoms with van der Waals surface area (Å²) in [6.45, 7) is 8.00. The molecule has 3 aromatic carbocycles. The van der Waals surface area contributed by atoms with E-state index in [0.717, 1.165) is 6.42 Å². The van der Waals surface area contributed by atoms with Crippen LogP contribution in [0.1, 0.15) is 38.8 Å². The molecule has 0 heteroatoms. The summed E-state index contributed by atoms with van der Waals surface area (Å²) in [4.78, 5) is 0. The summed E-state index contributed by atoms with van der Waals surface area (Å²) in [6.07, 6.45) is 1.01. The van der Waals surface area contributed by atoms with Gasteiger partial charge in [-0.1, -0.05) is 100 Å². The van der Waals surface area contributed by atoms with Crippen LogP contribution in [0.25, 0.3) is 22.3 Å². The zero-order valence-electron chi connectivity index (χ0n) is 14.6. The molecule has 0 radical (unpaired) electrons. The van der Waals surface area contributed by atoms with Gasteiger partial charge < -0.3 is 0 Å². The van der Waals surface area contributed by atoms with Gasteiger partial charge in [0.05, 0.1) is 0 Å². The standard InChI is InChI=1S/C19H14.2C2H6/c1-3-9-16-14(7-1)13-15-8-2-4-10-17(15)19-12-6-5-11-18(16)19;2*1-2/h1-12H,13H2;2*1-2H3. The van der Waals surface area contributed by atoms with Crippen LogP contribution >= 0.6 is 0 Å². The van der Waals surface area contributed by atoms with Crippen molar-refractivity contribution >= 4 is 0 Å². The zero-order valence-corrected chi connectivity index (χ0v) is 14.6. The molecule has 0 spiro atoms. The van der Waals surface area contributed by atoms with Gasteiger partial charge in [-0.05, 0) is 39.8 Å². The fourth-order valence-corrected chi connectivity index (χ4v) is 3.03. The molecule has 1 aliphatic carbocycles. The smallest absolute Gasteiger partial charge is 0.00135 e. The summed E-state index contributed by atoms with van der Waals surface area (Å²) in [7, 11) is 0. The Morgan fingerprint density at radius 2 is 0.739 bits per heavy atom. The molecule has 118 valence electrons. The van der Waals surface area contributed by atoms with Crippen LogP contribution in [0.4, 0.5) is 0 Å². The van der Waals surface area contributed by atoms with Crippen LogP contribution in [0.2, 0.25) is 0 Å². The average molecular weight is 302 g/mol. The fraction of sp³-hybridized carbons (Fsp3) is 0.217. The van der Waals surface area contributed by atoms with Gasteiger partial charge in [0, 0.05) is 0 Å². The summed E-state index contributed by atoms with van der Waals surface area (Å²) >= 11 is 0. The predicted molar refractivity (Wildman–Crippen MR) is 103 cm³/mol. The first-order chi connectivity index (χ1) is 11.4. The van der Waals surface area contributed by atoms with E-state index in [1.165, 1.54) is 33.4 Å². The van der Waals surface area contributed by atoms with Gasteiger partial charge >= 0.3 is 0 Å². The van der Waals surface area contributed by atoms with Gasteiger partial charge in [-0.2, -0.15) is 0 Å². The second kappa shape index (κ2) is 8.33. The molecule has 0 saturated heterocycles. The van der Waals surface area contributed by atoms with Gasteiger partial charge in [0.25, 0.3) is 0 Å². The van der Waals surface area contributed by atoms with E-state index in [4.69, 9.17) is 0 Å². The monoisotopic (exact) mass is 302 g/mol. The van der Waals surface area contributed by atoms with Crippen molar-refractivity contribution in [3.8, 4) is 22.3 Å². The Bertz CT molecular complexity index is 689. The Morgan fingerprint density at radius 1 is 0.435 bits per heavy atom. The van der Waals surface area contributed by atoms with E-state index in [1.54, 1.807) is 0 Å². The Kier molecular flexibility index (Phi) is 6.17. The van der Waals surface area contributed by atoms with E-state index >= 15 is 0 Å². The molecule has 0 saturated carbocycles. The van der Waals surface area contributed by atoms with Crippen LogP contribution in [0.3, 0.4) is 0 Å². The quantitative estimate of drug-likeness (QED) is 0.329. The van der Waals surface area contributed by atoms with Crippen LogP contribution in [-0.4, -0.2) is 0 Å².